The summed E-state index contributed by atoms with van der Waals surface area (Å²) in [7, 11) is 0. The van der Waals surface area contributed by atoms with Crippen molar-refractivity contribution in [2.75, 3.05) is 13.1 Å². The number of rotatable bonds is 7. The highest BCUT2D eigenvalue weighted by Crippen LogP contribution is 2.18. The van der Waals surface area contributed by atoms with Crippen molar-refractivity contribution in [2.24, 2.45) is 11.7 Å². The first-order chi connectivity index (χ1) is 9.74. The molecular formula is C14H26N4O3. The van der Waals surface area contributed by atoms with Gasteiger partial charge in [-0.15, -0.1) is 0 Å². The van der Waals surface area contributed by atoms with Crippen LogP contribution >= 0.6 is 0 Å². The fraction of sp³-hybridized carbons (Fsp3) is 0.786. The molecular weight excluding hydrogens is 272 g/mol. The number of nitrogens with one attached hydrogen (secondary N) is 3. The van der Waals surface area contributed by atoms with Gasteiger partial charge in [0.25, 0.3) is 0 Å². The minimum atomic E-state index is -1.05. The summed E-state index contributed by atoms with van der Waals surface area (Å²) >= 11 is 0. The maximum Gasteiger partial charge on any atom is 0.245 e. The minimum absolute atomic E-state index is 0.176. The van der Waals surface area contributed by atoms with E-state index in [9.17, 15) is 14.4 Å². The van der Waals surface area contributed by atoms with Crippen molar-refractivity contribution < 1.29 is 14.4 Å². The van der Waals surface area contributed by atoms with Crippen LogP contribution in [0.15, 0.2) is 0 Å². The van der Waals surface area contributed by atoms with Gasteiger partial charge in [-0.3, -0.25) is 14.4 Å². The van der Waals surface area contributed by atoms with E-state index in [-0.39, 0.29) is 30.3 Å². The van der Waals surface area contributed by atoms with E-state index < -0.39 is 11.4 Å². The fourth-order valence-corrected chi connectivity index (χ4v) is 2.65. The van der Waals surface area contributed by atoms with E-state index in [2.05, 4.69) is 16.0 Å². The van der Waals surface area contributed by atoms with Gasteiger partial charge in [0, 0.05) is 0 Å². The molecule has 0 aromatic heterocycles. The molecule has 0 bridgehead atoms. The molecule has 0 spiro atoms. The molecule has 21 heavy (non-hydrogen) atoms. The second-order valence-corrected chi connectivity index (χ2v) is 6.22. The van der Waals surface area contributed by atoms with Gasteiger partial charge in [0.15, 0.2) is 0 Å². The van der Waals surface area contributed by atoms with E-state index in [4.69, 9.17) is 5.73 Å². The highest BCUT2D eigenvalue weighted by molar-refractivity contribution is 5.94. The number of hydrogen-bond donors (Lipinski definition) is 4. The molecule has 0 aliphatic carbocycles. The number of carbonyl (C=O) groups is 3. The van der Waals surface area contributed by atoms with Crippen LogP contribution in [0.4, 0.5) is 0 Å². The maximum atomic E-state index is 12.3. The Morgan fingerprint density at radius 2 is 2.05 bits per heavy atom. The monoisotopic (exact) mass is 298 g/mol. The average molecular weight is 298 g/mol. The molecule has 1 fully saturated rings. The first-order valence-electron chi connectivity index (χ1n) is 7.36. The highest BCUT2D eigenvalue weighted by atomic mass is 16.2. The normalized spacial score (nSPS) is 20.9. The molecule has 120 valence electrons. The smallest absolute Gasteiger partial charge is 0.245 e. The number of amides is 3. The zero-order valence-electron chi connectivity index (χ0n) is 13.0. The lowest BCUT2D eigenvalue weighted by Gasteiger charge is -2.32. The lowest BCUT2D eigenvalue weighted by Crippen LogP contribution is -2.60. The molecule has 1 rings (SSSR count). The Bertz CT molecular complexity index is 405. The van der Waals surface area contributed by atoms with Gasteiger partial charge in [-0.25, -0.2) is 0 Å². The highest BCUT2D eigenvalue weighted by Gasteiger charge is 2.37. The molecule has 0 saturated carbocycles. The Balaban J connectivity index is 2.73. The van der Waals surface area contributed by atoms with E-state index in [1.54, 1.807) is 6.92 Å². The van der Waals surface area contributed by atoms with Gasteiger partial charge < -0.3 is 21.7 Å². The Hall–Kier alpha value is -1.63. The first kappa shape index (κ1) is 17.4. The van der Waals surface area contributed by atoms with Crippen molar-refractivity contribution in [1.82, 2.24) is 16.0 Å². The largest absolute Gasteiger partial charge is 0.368 e. The molecule has 7 nitrogen and oxygen atoms in total. The summed E-state index contributed by atoms with van der Waals surface area (Å²) in [6, 6.07) is -0.250. The summed E-state index contributed by atoms with van der Waals surface area (Å²) in [5.74, 6) is -0.962. The molecule has 0 aromatic rings. The minimum Gasteiger partial charge on any atom is -0.368 e. The van der Waals surface area contributed by atoms with Crippen LogP contribution in [-0.2, 0) is 14.4 Å². The molecule has 7 heteroatoms. The molecule has 1 aliphatic rings. The Morgan fingerprint density at radius 3 is 2.52 bits per heavy atom. The van der Waals surface area contributed by atoms with Crippen LogP contribution in [0.5, 0.6) is 0 Å². The molecule has 1 heterocycles. The summed E-state index contributed by atoms with van der Waals surface area (Å²) in [6.45, 7) is 6.20. The molecule has 1 saturated heterocycles. The van der Waals surface area contributed by atoms with Gasteiger partial charge >= 0.3 is 0 Å². The first-order valence-corrected chi connectivity index (χ1v) is 7.36. The average Bonchev–Trinajstić information content (AvgIpc) is 2.88. The van der Waals surface area contributed by atoms with E-state index in [1.807, 2.05) is 13.8 Å². The van der Waals surface area contributed by atoms with Gasteiger partial charge in [0.2, 0.25) is 17.7 Å². The standard InChI is InChI=1S/C14H26N4O3/c1-9(2)7-14(3,13(21)17-8-11(15)19)18-12(20)10-5-4-6-16-10/h9-10,16H,4-8H2,1-3H3,(H2,15,19)(H,17,21)(H,18,20)/t10-,14+/m0/s1. The predicted octanol–water partition coefficient (Wildman–Crippen LogP) is -0.739. The zero-order valence-corrected chi connectivity index (χ0v) is 13.0. The topological polar surface area (TPSA) is 113 Å². The molecule has 1 aliphatic heterocycles. The van der Waals surface area contributed by atoms with Crippen molar-refractivity contribution in [1.29, 1.82) is 0 Å². The fourth-order valence-electron chi connectivity index (χ4n) is 2.65. The van der Waals surface area contributed by atoms with Crippen molar-refractivity contribution in [3.05, 3.63) is 0 Å². The van der Waals surface area contributed by atoms with Gasteiger partial charge in [-0.2, -0.15) is 0 Å². The number of primary amides is 1. The zero-order chi connectivity index (χ0) is 16.0. The number of carbonyl (C=O) groups excluding carboxylic acids is 3. The molecule has 5 N–H and O–H groups in total. The van der Waals surface area contributed by atoms with E-state index in [1.165, 1.54) is 0 Å². The van der Waals surface area contributed by atoms with Gasteiger partial charge in [-0.05, 0) is 38.6 Å². The van der Waals surface area contributed by atoms with Gasteiger partial charge in [0.05, 0.1) is 12.6 Å². The van der Waals surface area contributed by atoms with Crippen molar-refractivity contribution in [3.63, 3.8) is 0 Å². The Labute approximate surface area is 125 Å². The van der Waals surface area contributed by atoms with Crippen molar-refractivity contribution >= 4 is 17.7 Å². The van der Waals surface area contributed by atoms with Gasteiger partial charge in [0.1, 0.15) is 5.54 Å². The lowest BCUT2D eigenvalue weighted by molar-refractivity contribution is -0.135. The van der Waals surface area contributed by atoms with Crippen LogP contribution < -0.4 is 21.7 Å². The van der Waals surface area contributed by atoms with Crippen LogP contribution in [0.1, 0.15) is 40.0 Å². The summed E-state index contributed by atoms with van der Waals surface area (Å²) in [6.07, 6.45) is 2.20. The molecule has 3 amide bonds. The Morgan fingerprint density at radius 1 is 1.38 bits per heavy atom. The Kier molecular flexibility index (Phi) is 6.14. The van der Waals surface area contributed by atoms with Gasteiger partial charge in [-0.1, -0.05) is 13.8 Å². The van der Waals surface area contributed by atoms with Crippen molar-refractivity contribution in [2.45, 2.75) is 51.6 Å². The van der Waals surface area contributed by atoms with Crippen molar-refractivity contribution in [3.8, 4) is 0 Å². The van der Waals surface area contributed by atoms with Crippen LogP contribution in [0.25, 0.3) is 0 Å². The van der Waals surface area contributed by atoms with E-state index >= 15 is 0 Å². The van der Waals surface area contributed by atoms with Crippen LogP contribution in [-0.4, -0.2) is 42.4 Å². The SMILES string of the molecule is CC(C)C[C@@](C)(NC(=O)[C@@H]1CCCN1)C(=O)NCC(N)=O. The number of nitrogens with two attached hydrogens (primary N) is 1. The second kappa shape index (κ2) is 7.40. The lowest BCUT2D eigenvalue weighted by atomic mass is 9.89. The van der Waals surface area contributed by atoms with Crippen LogP contribution in [0, 0.1) is 5.92 Å². The maximum absolute atomic E-state index is 12.3. The summed E-state index contributed by atoms with van der Waals surface area (Å²) in [5.41, 5.74) is 3.98. The predicted molar refractivity (Wildman–Crippen MR) is 79.2 cm³/mol. The van der Waals surface area contributed by atoms with Crippen LogP contribution in [0.3, 0.4) is 0 Å². The summed E-state index contributed by atoms with van der Waals surface area (Å²) in [4.78, 5) is 35.3. The molecule has 0 radical (unpaired) electrons. The molecule has 2 atom stereocenters. The third kappa shape index (κ3) is 5.34. The number of hydrogen-bond acceptors (Lipinski definition) is 4. The molecule has 0 unspecified atom stereocenters. The third-order valence-corrected chi connectivity index (χ3v) is 3.52. The van der Waals surface area contributed by atoms with E-state index in [0.29, 0.717) is 6.42 Å². The second-order valence-electron chi connectivity index (χ2n) is 6.22. The molecule has 0 aromatic carbocycles. The van der Waals surface area contributed by atoms with E-state index in [0.717, 1.165) is 19.4 Å². The summed E-state index contributed by atoms with van der Waals surface area (Å²) < 4.78 is 0. The third-order valence-electron chi connectivity index (χ3n) is 3.52. The quantitative estimate of drug-likeness (QED) is 0.496. The van der Waals surface area contributed by atoms with Crippen LogP contribution in [0.2, 0.25) is 0 Å². The summed E-state index contributed by atoms with van der Waals surface area (Å²) in [5, 5.41) is 8.40.